The van der Waals surface area contributed by atoms with E-state index in [0.29, 0.717) is 16.0 Å². The Hall–Kier alpha value is -1.45. The fourth-order valence-electron chi connectivity index (χ4n) is 2.99. The van der Waals surface area contributed by atoms with Gasteiger partial charge in [0.2, 0.25) is 10.0 Å². The van der Waals surface area contributed by atoms with Crippen molar-refractivity contribution in [2.45, 2.75) is 24.8 Å². The molecule has 0 fully saturated rings. The number of halogens is 2. The molecule has 6 nitrogen and oxygen atoms in total. The third kappa shape index (κ3) is 5.55. The van der Waals surface area contributed by atoms with Crippen molar-refractivity contribution in [2.75, 3.05) is 19.6 Å². The van der Waals surface area contributed by atoms with E-state index in [-0.39, 0.29) is 16.5 Å². The average molecular weight is 489 g/mol. The lowest BCUT2D eigenvalue weighted by atomic mass is 10.0. The lowest BCUT2D eigenvalue weighted by Crippen LogP contribution is -2.38. The molecule has 9 heteroatoms. The van der Waals surface area contributed by atoms with Gasteiger partial charge >= 0.3 is 0 Å². The predicted molar refractivity (Wildman–Crippen MR) is 115 cm³/mol. The zero-order valence-electron chi connectivity index (χ0n) is 15.7. The number of carbonyl (C=O) groups is 1. The van der Waals surface area contributed by atoms with E-state index in [1.165, 1.54) is 18.2 Å². The van der Waals surface area contributed by atoms with Gasteiger partial charge in [-0.15, -0.1) is 0 Å². The molecule has 0 spiro atoms. The molecule has 0 bridgehead atoms. The molecule has 0 aliphatic carbocycles. The second-order valence-electron chi connectivity index (χ2n) is 6.16. The van der Waals surface area contributed by atoms with Gasteiger partial charge < -0.3 is 5.32 Å². The minimum atomic E-state index is -3.90. The van der Waals surface area contributed by atoms with E-state index < -0.39 is 15.9 Å². The van der Waals surface area contributed by atoms with Crippen LogP contribution in [0, 0.1) is 0 Å². The van der Waals surface area contributed by atoms with E-state index in [4.69, 9.17) is 16.7 Å². The fourth-order valence-corrected chi connectivity index (χ4v) is 4.21. The van der Waals surface area contributed by atoms with Crippen LogP contribution in [0.15, 0.2) is 51.8 Å². The normalized spacial score (nSPS) is 12.8. The first-order valence-electron chi connectivity index (χ1n) is 8.78. The number of primary sulfonamides is 1. The van der Waals surface area contributed by atoms with Gasteiger partial charge in [0.05, 0.1) is 16.5 Å². The van der Waals surface area contributed by atoms with E-state index in [2.05, 4.69) is 26.1 Å². The number of nitrogens with two attached hydrogens (primary N) is 1. The molecule has 28 heavy (non-hydrogen) atoms. The van der Waals surface area contributed by atoms with Crippen LogP contribution in [0.3, 0.4) is 0 Å². The molecule has 0 saturated heterocycles. The predicted octanol–water partition coefficient (Wildman–Crippen LogP) is 3.56. The fraction of sp³-hybridized carbons (Fsp3) is 0.316. The van der Waals surface area contributed by atoms with Crippen LogP contribution in [0.4, 0.5) is 0 Å². The number of hydrogen-bond acceptors (Lipinski definition) is 4. The van der Waals surface area contributed by atoms with Gasteiger partial charge in [0.25, 0.3) is 5.91 Å². The van der Waals surface area contributed by atoms with Crippen molar-refractivity contribution in [1.82, 2.24) is 10.2 Å². The molecule has 2 rings (SSSR count). The third-order valence-electron chi connectivity index (χ3n) is 4.48. The summed E-state index contributed by atoms with van der Waals surface area (Å²) in [5, 5.41) is 8.69. The minimum Gasteiger partial charge on any atom is -0.350 e. The Kier molecular flexibility index (Phi) is 8.03. The molecule has 0 saturated carbocycles. The first-order chi connectivity index (χ1) is 13.2. The smallest absolute Gasteiger partial charge is 0.252 e. The molecular formula is C19H23BrClN3O3S. The standard InChI is InChI=1S/C19H23BrClN3O3S/c1-3-24(4-2)18(14-7-5-6-8-17(14)21)12-23-19(25)15-11-13(28(22,26)27)9-10-16(15)20/h5-11,18H,3-4,12H2,1-2H3,(H,23,25)(H2,22,26,27). The Bertz CT molecular complexity index is 949. The Morgan fingerprint density at radius 3 is 2.43 bits per heavy atom. The topological polar surface area (TPSA) is 92.5 Å². The highest BCUT2D eigenvalue weighted by Gasteiger charge is 2.22. The zero-order valence-corrected chi connectivity index (χ0v) is 18.8. The molecule has 0 aromatic heterocycles. The van der Waals surface area contributed by atoms with E-state index >= 15 is 0 Å². The maximum Gasteiger partial charge on any atom is 0.252 e. The van der Waals surface area contributed by atoms with E-state index in [0.717, 1.165) is 18.7 Å². The molecule has 0 heterocycles. The van der Waals surface area contributed by atoms with Gasteiger partial charge in [0, 0.05) is 16.0 Å². The summed E-state index contributed by atoms with van der Waals surface area (Å²) >= 11 is 9.67. The lowest BCUT2D eigenvalue weighted by Gasteiger charge is -2.31. The average Bonchev–Trinajstić information content (AvgIpc) is 2.65. The van der Waals surface area contributed by atoms with Crippen LogP contribution >= 0.6 is 27.5 Å². The van der Waals surface area contributed by atoms with Crippen molar-refractivity contribution in [1.29, 1.82) is 0 Å². The SMILES string of the molecule is CCN(CC)C(CNC(=O)c1cc(S(N)(=O)=O)ccc1Br)c1ccccc1Cl. The molecule has 1 amide bonds. The van der Waals surface area contributed by atoms with Gasteiger partial charge in [-0.3, -0.25) is 9.69 Å². The maximum absolute atomic E-state index is 12.7. The summed E-state index contributed by atoms with van der Waals surface area (Å²) in [5.74, 6) is -0.401. The van der Waals surface area contributed by atoms with E-state index in [9.17, 15) is 13.2 Å². The van der Waals surface area contributed by atoms with Crippen molar-refractivity contribution in [2.24, 2.45) is 5.14 Å². The van der Waals surface area contributed by atoms with Crippen LogP contribution in [0.1, 0.15) is 35.8 Å². The number of nitrogens with one attached hydrogen (secondary N) is 1. The van der Waals surface area contributed by atoms with Gasteiger partial charge in [0.1, 0.15) is 0 Å². The molecular weight excluding hydrogens is 466 g/mol. The molecule has 3 N–H and O–H groups in total. The first kappa shape index (κ1) is 22.8. The number of hydrogen-bond donors (Lipinski definition) is 2. The molecule has 1 atom stereocenters. The van der Waals surface area contributed by atoms with Crippen molar-refractivity contribution in [3.8, 4) is 0 Å². The van der Waals surface area contributed by atoms with E-state index in [1.807, 2.05) is 38.1 Å². The Morgan fingerprint density at radius 1 is 1.21 bits per heavy atom. The summed E-state index contributed by atoms with van der Waals surface area (Å²) in [6.07, 6.45) is 0. The number of rotatable bonds is 8. The maximum atomic E-state index is 12.7. The molecule has 2 aromatic carbocycles. The van der Waals surface area contributed by atoms with Crippen LogP contribution in [0.5, 0.6) is 0 Å². The van der Waals surface area contributed by atoms with Gasteiger partial charge in [0.15, 0.2) is 0 Å². The number of nitrogens with zero attached hydrogens (tertiary/aromatic N) is 1. The summed E-state index contributed by atoms with van der Waals surface area (Å²) in [5.41, 5.74) is 1.12. The van der Waals surface area contributed by atoms with Crippen LogP contribution in [0.25, 0.3) is 0 Å². The highest BCUT2D eigenvalue weighted by Crippen LogP contribution is 2.27. The van der Waals surface area contributed by atoms with Gasteiger partial charge in [-0.1, -0.05) is 43.6 Å². The van der Waals surface area contributed by atoms with Crippen molar-refractivity contribution >= 4 is 43.5 Å². The number of amides is 1. The monoisotopic (exact) mass is 487 g/mol. The summed E-state index contributed by atoms with van der Waals surface area (Å²) in [7, 11) is -3.90. The summed E-state index contributed by atoms with van der Waals surface area (Å²) in [6.45, 7) is 5.97. The molecule has 2 aromatic rings. The van der Waals surface area contributed by atoms with Crippen molar-refractivity contribution < 1.29 is 13.2 Å². The van der Waals surface area contributed by atoms with Gasteiger partial charge in [-0.25, -0.2) is 13.6 Å². The molecule has 1 unspecified atom stereocenters. The lowest BCUT2D eigenvalue weighted by molar-refractivity contribution is 0.0934. The largest absolute Gasteiger partial charge is 0.350 e. The molecule has 0 radical (unpaired) electrons. The Morgan fingerprint density at radius 2 is 1.86 bits per heavy atom. The number of likely N-dealkylation sites (N-methyl/N-ethyl adjacent to an activating group) is 1. The molecule has 0 aliphatic heterocycles. The number of sulfonamides is 1. The molecule has 0 aliphatic rings. The Balaban J connectivity index is 2.28. The third-order valence-corrected chi connectivity index (χ3v) is 6.43. The molecule has 152 valence electrons. The number of benzene rings is 2. The highest BCUT2D eigenvalue weighted by molar-refractivity contribution is 9.10. The summed E-state index contributed by atoms with van der Waals surface area (Å²) < 4.78 is 23.6. The Labute approximate surface area is 179 Å². The highest BCUT2D eigenvalue weighted by atomic mass is 79.9. The van der Waals surface area contributed by atoms with Gasteiger partial charge in [-0.2, -0.15) is 0 Å². The first-order valence-corrected chi connectivity index (χ1v) is 11.5. The van der Waals surface area contributed by atoms with Crippen LogP contribution in [-0.4, -0.2) is 38.9 Å². The van der Waals surface area contributed by atoms with Gasteiger partial charge in [-0.05, 0) is 58.8 Å². The zero-order chi connectivity index (χ0) is 20.9. The van der Waals surface area contributed by atoms with Crippen LogP contribution in [-0.2, 0) is 10.0 Å². The van der Waals surface area contributed by atoms with Crippen LogP contribution in [0.2, 0.25) is 5.02 Å². The van der Waals surface area contributed by atoms with Crippen molar-refractivity contribution in [3.63, 3.8) is 0 Å². The van der Waals surface area contributed by atoms with Crippen LogP contribution < -0.4 is 10.5 Å². The summed E-state index contributed by atoms with van der Waals surface area (Å²) in [6, 6.07) is 11.5. The minimum absolute atomic E-state index is 0.118. The quantitative estimate of drug-likeness (QED) is 0.594. The number of carbonyl (C=O) groups excluding carboxylic acids is 1. The second kappa shape index (κ2) is 9.84. The van der Waals surface area contributed by atoms with Crippen molar-refractivity contribution in [3.05, 3.63) is 63.1 Å². The summed E-state index contributed by atoms with van der Waals surface area (Å²) in [4.78, 5) is 14.8. The van der Waals surface area contributed by atoms with E-state index in [1.54, 1.807) is 0 Å². The second-order valence-corrected chi connectivity index (χ2v) is 8.98.